The number of carbonyl (C=O) groups is 1. The summed E-state index contributed by atoms with van der Waals surface area (Å²) in [6.45, 7) is 2.76. The highest BCUT2D eigenvalue weighted by Crippen LogP contribution is 2.36. The number of halogens is 2. The lowest BCUT2D eigenvalue weighted by Crippen LogP contribution is -2.30. The summed E-state index contributed by atoms with van der Waals surface area (Å²) >= 11 is 0. The first-order valence-corrected chi connectivity index (χ1v) is 14.6. The maximum atomic E-state index is 14.7. The highest BCUT2D eigenvalue weighted by Gasteiger charge is 2.35. The number of rotatable bonds is 5. The first-order chi connectivity index (χ1) is 19.7. The van der Waals surface area contributed by atoms with Gasteiger partial charge in [-0.1, -0.05) is 6.92 Å². The average molecular weight is 582 g/mol. The van der Waals surface area contributed by atoms with Crippen LogP contribution >= 0.6 is 0 Å². The van der Waals surface area contributed by atoms with Crippen LogP contribution in [0.2, 0.25) is 0 Å². The molecule has 1 N–H and O–H groups in total. The molecule has 0 radical (unpaired) electrons. The number of hydrogen-bond acceptors (Lipinski definition) is 9. The van der Waals surface area contributed by atoms with Gasteiger partial charge in [0.2, 0.25) is 15.3 Å². The molecule has 4 aromatic rings. The third kappa shape index (κ3) is 5.01. The number of fused-ring (bicyclic) bond motifs is 3. The molecule has 13 heteroatoms. The van der Waals surface area contributed by atoms with Crippen molar-refractivity contribution < 1.29 is 31.5 Å². The molecule has 0 fully saturated rings. The molecule has 2 aliphatic heterocycles. The number of alkyl halides is 1. The van der Waals surface area contributed by atoms with E-state index in [4.69, 9.17) is 14.5 Å². The van der Waals surface area contributed by atoms with Gasteiger partial charge in [0.25, 0.3) is 5.91 Å². The zero-order valence-corrected chi connectivity index (χ0v) is 22.7. The number of aryl methyl sites for hydroxylation is 1. The summed E-state index contributed by atoms with van der Waals surface area (Å²) in [5, 5.41) is 3.39. The molecule has 212 valence electrons. The highest BCUT2D eigenvalue weighted by molar-refractivity contribution is 7.92. The minimum atomic E-state index is -4.51. The van der Waals surface area contributed by atoms with Crippen LogP contribution in [0.5, 0.6) is 11.5 Å². The summed E-state index contributed by atoms with van der Waals surface area (Å²) in [5.74, 6) is -0.338. The van der Waals surface area contributed by atoms with Crippen LogP contribution in [0.25, 0.3) is 10.9 Å². The molecule has 0 aliphatic carbocycles. The first-order valence-electron chi connectivity index (χ1n) is 13.0. The van der Waals surface area contributed by atoms with Gasteiger partial charge in [0.05, 0.1) is 30.9 Å². The van der Waals surface area contributed by atoms with Crippen molar-refractivity contribution in [3.05, 3.63) is 71.4 Å². The van der Waals surface area contributed by atoms with Crippen LogP contribution < -0.4 is 19.7 Å². The van der Waals surface area contributed by atoms with E-state index in [1.165, 1.54) is 0 Å². The van der Waals surface area contributed by atoms with Crippen LogP contribution in [0, 0.1) is 5.82 Å². The normalized spacial score (nSPS) is 17.5. The largest absolute Gasteiger partial charge is 0.489 e. The van der Waals surface area contributed by atoms with Gasteiger partial charge >= 0.3 is 0 Å². The zero-order chi connectivity index (χ0) is 28.7. The van der Waals surface area contributed by atoms with Gasteiger partial charge in [-0.15, -0.1) is 0 Å². The molecule has 10 nitrogen and oxygen atoms in total. The lowest BCUT2D eigenvalue weighted by Gasteiger charge is -2.29. The molecule has 2 aliphatic rings. The van der Waals surface area contributed by atoms with Crippen LogP contribution in [-0.4, -0.2) is 54.5 Å². The SMILES string of the molecule is CCc1cnc2c(c1)OCCN2c1ccc2cnc(CNC(=O)c3cc(F)c4c(c3)S(=O)(=O)[C@@H](F)CCO4)cc2n1. The molecule has 41 heavy (non-hydrogen) atoms. The Labute approximate surface area is 234 Å². The highest BCUT2D eigenvalue weighted by atomic mass is 32.2. The number of amides is 1. The molecule has 1 aromatic carbocycles. The van der Waals surface area contributed by atoms with Gasteiger partial charge in [-0.3, -0.25) is 9.78 Å². The Kier molecular flexibility index (Phi) is 6.89. The molecule has 0 spiro atoms. The summed E-state index contributed by atoms with van der Waals surface area (Å²) in [5.41, 5.74) is -0.360. The molecular formula is C28H25F2N5O5S. The van der Waals surface area contributed by atoms with Crippen molar-refractivity contribution in [2.45, 2.75) is 36.7 Å². The molecule has 1 amide bonds. The maximum absolute atomic E-state index is 14.7. The van der Waals surface area contributed by atoms with Gasteiger partial charge in [0, 0.05) is 29.8 Å². The Morgan fingerprint density at radius 2 is 1.98 bits per heavy atom. The molecule has 3 aromatic heterocycles. The van der Waals surface area contributed by atoms with E-state index in [0.29, 0.717) is 41.7 Å². The van der Waals surface area contributed by atoms with Gasteiger partial charge in [0.15, 0.2) is 23.1 Å². The Bertz CT molecular complexity index is 1790. The quantitative estimate of drug-likeness (QED) is 0.372. The van der Waals surface area contributed by atoms with Crippen LogP contribution in [0.4, 0.5) is 20.4 Å². The van der Waals surface area contributed by atoms with E-state index < -0.39 is 44.1 Å². The fraction of sp³-hybridized carbons (Fsp3) is 0.286. The van der Waals surface area contributed by atoms with Crippen molar-refractivity contribution in [2.75, 3.05) is 24.7 Å². The summed E-state index contributed by atoms with van der Waals surface area (Å²) in [6.07, 6.45) is 3.85. The summed E-state index contributed by atoms with van der Waals surface area (Å²) in [4.78, 5) is 27.9. The molecule has 5 heterocycles. The van der Waals surface area contributed by atoms with Crippen LogP contribution in [0.15, 0.2) is 53.7 Å². The van der Waals surface area contributed by atoms with Crippen LogP contribution in [0.1, 0.15) is 35.0 Å². The smallest absolute Gasteiger partial charge is 0.251 e. The number of hydrogen-bond donors (Lipinski definition) is 1. The molecule has 0 bridgehead atoms. The third-order valence-electron chi connectivity index (χ3n) is 6.95. The number of carbonyl (C=O) groups excluding carboxylic acids is 1. The Morgan fingerprint density at radius 3 is 2.80 bits per heavy atom. The topological polar surface area (TPSA) is 124 Å². The summed E-state index contributed by atoms with van der Waals surface area (Å²) < 4.78 is 64.8. The maximum Gasteiger partial charge on any atom is 0.251 e. The van der Waals surface area contributed by atoms with Gasteiger partial charge in [-0.05, 0) is 48.4 Å². The minimum Gasteiger partial charge on any atom is -0.489 e. The number of anilines is 2. The van der Waals surface area contributed by atoms with Crippen molar-refractivity contribution >= 4 is 38.3 Å². The molecule has 0 saturated carbocycles. The predicted molar refractivity (Wildman–Crippen MR) is 145 cm³/mol. The molecule has 0 saturated heterocycles. The average Bonchev–Trinajstić information content (AvgIpc) is 3.10. The Balaban J connectivity index is 1.23. The van der Waals surface area contributed by atoms with E-state index in [2.05, 4.69) is 22.2 Å². The lowest BCUT2D eigenvalue weighted by atomic mass is 10.2. The minimum absolute atomic E-state index is 0.0455. The van der Waals surface area contributed by atoms with E-state index in [1.54, 1.807) is 12.3 Å². The van der Waals surface area contributed by atoms with Gasteiger partial charge in [-0.25, -0.2) is 27.2 Å². The van der Waals surface area contributed by atoms with E-state index in [-0.39, 0.29) is 18.7 Å². The van der Waals surface area contributed by atoms with Crippen molar-refractivity contribution in [1.82, 2.24) is 20.3 Å². The summed E-state index contributed by atoms with van der Waals surface area (Å²) in [6, 6.07) is 9.26. The summed E-state index contributed by atoms with van der Waals surface area (Å²) in [7, 11) is -4.51. The molecule has 0 unspecified atom stereocenters. The van der Waals surface area contributed by atoms with Crippen molar-refractivity contribution in [1.29, 1.82) is 0 Å². The second-order valence-corrected chi connectivity index (χ2v) is 11.7. The number of nitrogens with one attached hydrogen (secondary N) is 1. The third-order valence-corrected chi connectivity index (χ3v) is 8.78. The Hall–Kier alpha value is -4.39. The molecule has 6 rings (SSSR count). The number of benzene rings is 1. The van der Waals surface area contributed by atoms with E-state index in [9.17, 15) is 22.0 Å². The fourth-order valence-corrected chi connectivity index (χ4v) is 6.11. The van der Waals surface area contributed by atoms with Crippen molar-refractivity contribution in [3.63, 3.8) is 0 Å². The standard InChI is InChI=1S/C28H25F2N5O5S/c1-2-16-9-22-27(32-13-16)35(6-8-39-22)25-4-3-17-14-31-19(12-21(17)34-25)15-33-28(36)18-10-20(29)26-23(11-18)41(37,38)24(30)5-7-40-26/h3-4,9-14,24H,2,5-8,15H2,1H3,(H,33,36)/t24-/m1/s1. The zero-order valence-electron chi connectivity index (χ0n) is 21.9. The van der Waals surface area contributed by atoms with Crippen LogP contribution in [-0.2, 0) is 22.8 Å². The second kappa shape index (κ2) is 10.5. The first kappa shape index (κ1) is 26.8. The number of ether oxygens (including phenoxy) is 2. The number of nitrogens with zero attached hydrogens (tertiary/aromatic N) is 4. The number of aromatic nitrogens is 3. The van der Waals surface area contributed by atoms with E-state index >= 15 is 0 Å². The van der Waals surface area contributed by atoms with E-state index in [0.717, 1.165) is 29.5 Å². The van der Waals surface area contributed by atoms with Gasteiger partial charge in [-0.2, -0.15) is 0 Å². The molecular weight excluding hydrogens is 556 g/mol. The monoisotopic (exact) mass is 581 g/mol. The van der Waals surface area contributed by atoms with Gasteiger partial charge < -0.3 is 19.7 Å². The van der Waals surface area contributed by atoms with Crippen molar-refractivity contribution in [3.8, 4) is 11.5 Å². The molecule has 1 atom stereocenters. The van der Waals surface area contributed by atoms with Crippen molar-refractivity contribution in [2.24, 2.45) is 0 Å². The van der Waals surface area contributed by atoms with E-state index in [1.807, 2.05) is 29.3 Å². The predicted octanol–water partition coefficient (Wildman–Crippen LogP) is 4.04. The number of sulfone groups is 1. The Morgan fingerprint density at radius 1 is 1.12 bits per heavy atom. The van der Waals surface area contributed by atoms with Crippen LogP contribution in [0.3, 0.4) is 0 Å². The lowest BCUT2D eigenvalue weighted by molar-refractivity contribution is 0.0949. The number of pyridine rings is 3. The van der Waals surface area contributed by atoms with Gasteiger partial charge in [0.1, 0.15) is 17.3 Å². The fourth-order valence-electron chi connectivity index (χ4n) is 4.72. The second-order valence-electron chi connectivity index (χ2n) is 9.62.